The SMILES string of the molecule is O=C(Nc1cn[nH]c1C1CC1)c1cc(=O)[nH]c(C2CC2)n1. The lowest BCUT2D eigenvalue weighted by molar-refractivity contribution is 0.102. The molecule has 1 amide bonds. The van der Waals surface area contributed by atoms with E-state index >= 15 is 0 Å². The van der Waals surface area contributed by atoms with Crippen molar-refractivity contribution in [2.24, 2.45) is 0 Å². The van der Waals surface area contributed by atoms with Crippen molar-refractivity contribution in [3.8, 4) is 0 Å². The molecular formula is C14H15N5O2. The van der Waals surface area contributed by atoms with E-state index < -0.39 is 0 Å². The summed E-state index contributed by atoms with van der Waals surface area (Å²) in [4.78, 5) is 30.9. The number of rotatable bonds is 4. The van der Waals surface area contributed by atoms with E-state index in [-0.39, 0.29) is 17.2 Å². The number of aromatic nitrogens is 4. The zero-order valence-electron chi connectivity index (χ0n) is 11.3. The van der Waals surface area contributed by atoms with Gasteiger partial charge in [0.25, 0.3) is 11.5 Å². The Morgan fingerprint density at radius 3 is 2.71 bits per heavy atom. The van der Waals surface area contributed by atoms with Crippen LogP contribution in [0.3, 0.4) is 0 Å². The average molecular weight is 285 g/mol. The maximum Gasteiger partial charge on any atom is 0.274 e. The van der Waals surface area contributed by atoms with Crippen LogP contribution in [0.15, 0.2) is 17.1 Å². The summed E-state index contributed by atoms with van der Waals surface area (Å²) in [5.74, 6) is 0.993. The molecule has 0 aromatic carbocycles. The summed E-state index contributed by atoms with van der Waals surface area (Å²) in [6.45, 7) is 0. The van der Waals surface area contributed by atoms with Crippen molar-refractivity contribution in [2.45, 2.75) is 37.5 Å². The zero-order chi connectivity index (χ0) is 14.4. The normalized spacial score (nSPS) is 17.7. The van der Waals surface area contributed by atoms with Crippen LogP contribution in [0.2, 0.25) is 0 Å². The van der Waals surface area contributed by atoms with Gasteiger partial charge in [-0.1, -0.05) is 0 Å². The molecule has 2 fully saturated rings. The number of carbonyl (C=O) groups is 1. The van der Waals surface area contributed by atoms with Gasteiger partial charge in [0.2, 0.25) is 0 Å². The van der Waals surface area contributed by atoms with E-state index in [1.807, 2.05) is 0 Å². The van der Waals surface area contributed by atoms with Gasteiger partial charge in [-0.3, -0.25) is 14.7 Å². The fraction of sp³-hybridized carbons (Fsp3) is 0.429. The van der Waals surface area contributed by atoms with E-state index in [4.69, 9.17) is 0 Å². The van der Waals surface area contributed by atoms with Crippen molar-refractivity contribution in [3.63, 3.8) is 0 Å². The van der Waals surface area contributed by atoms with E-state index in [0.29, 0.717) is 23.3 Å². The molecule has 2 aliphatic rings. The zero-order valence-corrected chi connectivity index (χ0v) is 11.3. The van der Waals surface area contributed by atoms with Gasteiger partial charge in [-0.25, -0.2) is 4.98 Å². The van der Waals surface area contributed by atoms with Gasteiger partial charge in [0.1, 0.15) is 11.5 Å². The van der Waals surface area contributed by atoms with E-state index in [1.54, 1.807) is 6.20 Å². The number of carbonyl (C=O) groups excluding carboxylic acids is 1. The molecule has 2 aromatic rings. The van der Waals surface area contributed by atoms with Gasteiger partial charge >= 0.3 is 0 Å². The molecule has 7 nitrogen and oxygen atoms in total. The lowest BCUT2D eigenvalue weighted by atomic mass is 10.2. The Hall–Kier alpha value is -2.44. The van der Waals surface area contributed by atoms with E-state index in [9.17, 15) is 9.59 Å². The van der Waals surface area contributed by atoms with Crippen LogP contribution < -0.4 is 10.9 Å². The second kappa shape index (κ2) is 4.54. The van der Waals surface area contributed by atoms with Crippen molar-refractivity contribution in [2.75, 3.05) is 5.32 Å². The molecule has 2 aliphatic carbocycles. The van der Waals surface area contributed by atoms with Crippen LogP contribution in [0, 0.1) is 0 Å². The molecule has 3 N–H and O–H groups in total. The Balaban J connectivity index is 1.59. The summed E-state index contributed by atoms with van der Waals surface area (Å²) in [6.07, 6.45) is 5.85. The standard InChI is InChI=1S/C14H15N5O2/c20-11-5-9(16-13(18-11)8-3-4-8)14(21)17-10-6-15-19-12(10)7-1-2-7/h5-8H,1-4H2,(H,15,19)(H,17,21)(H,16,18,20). The highest BCUT2D eigenvalue weighted by Crippen LogP contribution is 2.42. The minimum absolute atomic E-state index is 0.156. The van der Waals surface area contributed by atoms with Crippen LogP contribution in [0.5, 0.6) is 0 Å². The summed E-state index contributed by atoms with van der Waals surface area (Å²) in [5.41, 5.74) is 1.50. The van der Waals surface area contributed by atoms with Gasteiger partial charge < -0.3 is 10.3 Å². The fourth-order valence-electron chi connectivity index (χ4n) is 2.41. The van der Waals surface area contributed by atoms with Crippen LogP contribution in [-0.2, 0) is 0 Å². The Labute approximate surface area is 120 Å². The number of nitrogens with zero attached hydrogens (tertiary/aromatic N) is 2. The van der Waals surface area contributed by atoms with E-state index in [2.05, 4.69) is 25.5 Å². The number of amides is 1. The summed E-state index contributed by atoms with van der Waals surface area (Å²) < 4.78 is 0. The molecule has 4 rings (SSSR count). The van der Waals surface area contributed by atoms with Gasteiger partial charge in [-0.05, 0) is 25.7 Å². The molecule has 2 heterocycles. The molecule has 2 saturated carbocycles. The lowest BCUT2D eigenvalue weighted by Gasteiger charge is -2.05. The second-order valence-electron chi connectivity index (χ2n) is 5.72. The first-order valence-electron chi connectivity index (χ1n) is 7.16. The lowest BCUT2D eigenvalue weighted by Crippen LogP contribution is -2.20. The first-order valence-corrected chi connectivity index (χ1v) is 7.16. The highest BCUT2D eigenvalue weighted by atomic mass is 16.2. The van der Waals surface area contributed by atoms with E-state index in [1.165, 1.54) is 6.07 Å². The number of hydrogen-bond acceptors (Lipinski definition) is 4. The third kappa shape index (κ3) is 2.46. The number of H-pyrrole nitrogens is 2. The van der Waals surface area contributed by atoms with Gasteiger partial charge in [-0.2, -0.15) is 5.10 Å². The maximum atomic E-state index is 12.3. The Kier molecular flexibility index (Phi) is 2.66. The Morgan fingerprint density at radius 2 is 2.00 bits per heavy atom. The predicted molar refractivity (Wildman–Crippen MR) is 75.3 cm³/mol. The van der Waals surface area contributed by atoms with Crippen molar-refractivity contribution in [1.29, 1.82) is 0 Å². The van der Waals surface area contributed by atoms with Crippen LogP contribution in [-0.4, -0.2) is 26.1 Å². The summed E-state index contributed by atoms with van der Waals surface area (Å²) in [6, 6.07) is 1.23. The molecule has 108 valence electrons. The quantitative estimate of drug-likeness (QED) is 0.791. The smallest absolute Gasteiger partial charge is 0.274 e. The maximum absolute atomic E-state index is 12.3. The number of nitrogens with one attached hydrogen (secondary N) is 3. The Morgan fingerprint density at radius 1 is 1.24 bits per heavy atom. The third-order valence-corrected chi connectivity index (χ3v) is 3.86. The second-order valence-corrected chi connectivity index (χ2v) is 5.72. The van der Waals surface area contributed by atoms with Crippen LogP contribution in [0.4, 0.5) is 5.69 Å². The van der Waals surface area contributed by atoms with Gasteiger partial charge in [-0.15, -0.1) is 0 Å². The summed E-state index contributed by atoms with van der Waals surface area (Å²) in [7, 11) is 0. The Bertz CT molecular complexity index is 755. The predicted octanol–water partition coefficient (Wildman–Crippen LogP) is 1.50. The van der Waals surface area contributed by atoms with Gasteiger partial charge in [0.15, 0.2) is 0 Å². The van der Waals surface area contributed by atoms with Crippen molar-refractivity contribution in [1.82, 2.24) is 20.2 Å². The molecule has 0 atom stereocenters. The van der Waals surface area contributed by atoms with E-state index in [0.717, 1.165) is 31.4 Å². The molecular weight excluding hydrogens is 270 g/mol. The molecule has 0 saturated heterocycles. The summed E-state index contributed by atoms with van der Waals surface area (Å²) in [5, 5.41) is 9.69. The summed E-state index contributed by atoms with van der Waals surface area (Å²) >= 11 is 0. The molecule has 0 spiro atoms. The van der Waals surface area contributed by atoms with Gasteiger partial charge in [0, 0.05) is 17.9 Å². The molecule has 0 bridgehead atoms. The van der Waals surface area contributed by atoms with Crippen molar-refractivity contribution in [3.05, 3.63) is 39.8 Å². The molecule has 2 aromatic heterocycles. The molecule has 7 heteroatoms. The number of aromatic amines is 2. The van der Waals surface area contributed by atoms with Crippen LogP contribution in [0.1, 0.15) is 59.5 Å². The fourth-order valence-corrected chi connectivity index (χ4v) is 2.41. The first kappa shape index (κ1) is 12.3. The topological polar surface area (TPSA) is 104 Å². The van der Waals surface area contributed by atoms with Crippen LogP contribution in [0.25, 0.3) is 0 Å². The average Bonchev–Trinajstić information content (AvgIpc) is 3.37. The third-order valence-electron chi connectivity index (χ3n) is 3.86. The van der Waals surface area contributed by atoms with Crippen molar-refractivity contribution >= 4 is 11.6 Å². The van der Waals surface area contributed by atoms with Crippen molar-refractivity contribution < 1.29 is 4.79 Å². The minimum Gasteiger partial charge on any atom is -0.318 e. The number of anilines is 1. The molecule has 0 unspecified atom stereocenters. The van der Waals surface area contributed by atoms with Crippen LogP contribution >= 0.6 is 0 Å². The monoisotopic (exact) mass is 285 g/mol. The highest BCUT2D eigenvalue weighted by Gasteiger charge is 2.29. The van der Waals surface area contributed by atoms with Gasteiger partial charge in [0.05, 0.1) is 17.6 Å². The molecule has 21 heavy (non-hydrogen) atoms. The largest absolute Gasteiger partial charge is 0.318 e. The number of hydrogen-bond donors (Lipinski definition) is 3. The molecule has 0 radical (unpaired) electrons. The first-order chi connectivity index (χ1) is 10.2. The molecule has 0 aliphatic heterocycles. The minimum atomic E-state index is -0.369. The highest BCUT2D eigenvalue weighted by molar-refractivity contribution is 6.03.